The number of methoxy groups -OCH3 is 1. The number of ether oxygens (including phenoxy) is 1. The van der Waals surface area contributed by atoms with Crippen LogP contribution in [0.5, 0.6) is 0 Å². The summed E-state index contributed by atoms with van der Waals surface area (Å²) >= 11 is 5.87. The fourth-order valence-electron chi connectivity index (χ4n) is 1.84. The van der Waals surface area contributed by atoms with Gasteiger partial charge in [0.05, 0.1) is 23.3 Å². The first-order chi connectivity index (χ1) is 10.9. The lowest BCUT2D eigenvalue weighted by atomic mass is 10.1. The first-order valence-corrected chi connectivity index (χ1v) is 6.74. The van der Waals surface area contributed by atoms with Crippen LogP contribution in [0.1, 0.15) is 20.7 Å². The fourth-order valence-corrected chi connectivity index (χ4v) is 2.01. The summed E-state index contributed by atoms with van der Waals surface area (Å²) in [5, 5.41) is 13.5. The molecule has 118 valence electrons. The molecule has 8 heteroatoms. The second kappa shape index (κ2) is 6.89. The average molecular weight is 335 g/mol. The van der Waals surface area contributed by atoms with Crippen molar-refractivity contribution in [2.75, 3.05) is 12.4 Å². The maximum absolute atomic E-state index is 12.2. The van der Waals surface area contributed by atoms with Gasteiger partial charge < -0.3 is 10.1 Å². The molecular formula is C15H11ClN2O5. The monoisotopic (exact) mass is 334 g/mol. The lowest BCUT2D eigenvalue weighted by Gasteiger charge is -2.10. The zero-order chi connectivity index (χ0) is 17.0. The average Bonchev–Trinajstić information content (AvgIpc) is 2.54. The second-order valence-corrected chi connectivity index (χ2v) is 4.88. The number of nitro groups is 1. The third-order valence-corrected chi connectivity index (χ3v) is 3.21. The summed E-state index contributed by atoms with van der Waals surface area (Å²) in [7, 11) is 1.22. The van der Waals surface area contributed by atoms with E-state index in [1.54, 1.807) is 0 Å². The van der Waals surface area contributed by atoms with Gasteiger partial charge in [0.15, 0.2) is 0 Å². The van der Waals surface area contributed by atoms with Crippen LogP contribution in [0.25, 0.3) is 0 Å². The molecule has 0 aromatic heterocycles. The highest BCUT2D eigenvalue weighted by molar-refractivity contribution is 6.31. The van der Waals surface area contributed by atoms with Gasteiger partial charge in [-0.25, -0.2) is 4.79 Å². The van der Waals surface area contributed by atoms with E-state index in [1.165, 1.54) is 49.6 Å². The number of nitrogens with one attached hydrogen (secondary N) is 1. The largest absolute Gasteiger partial charge is 0.465 e. The summed E-state index contributed by atoms with van der Waals surface area (Å²) in [4.78, 5) is 33.9. The Morgan fingerprint density at radius 3 is 2.39 bits per heavy atom. The molecule has 0 heterocycles. The number of rotatable bonds is 4. The number of anilines is 1. The topological polar surface area (TPSA) is 98.5 Å². The van der Waals surface area contributed by atoms with Crippen molar-refractivity contribution in [3.63, 3.8) is 0 Å². The number of nitrogens with zero attached hydrogens (tertiary/aromatic N) is 1. The second-order valence-electron chi connectivity index (χ2n) is 4.44. The van der Waals surface area contributed by atoms with Crippen LogP contribution >= 0.6 is 11.6 Å². The number of benzene rings is 2. The molecule has 23 heavy (non-hydrogen) atoms. The van der Waals surface area contributed by atoms with Gasteiger partial charge in [-0.2, -0.15) is 0 Å². The molecular weight excluding hydrogens is 324 g/mol. The minimum Gasteiger partial charge on any atom is -0.465 e. The maximum Gasteiger partial charge on any atom is 0.339 e. The Morgan fingerprint density at radius 1 is 1.17 bits per heavy atom. The molecule has 0 fully saturated rings. The smallest absolute Gasteiger partial charge is 0.339 e. The Hall–Kier alpha value is -2.93. The third-order valence-electron chi connectivity index (χ3n) is 2.98. The van der Waals surface area contributed by atoms with Gasteiger partial charge in [-0.05, 0) is 30.3 Å². The molecule has 2 rings (SSSR count). The van der Waals surface area contributed by atoms with Crippen LogP contribution in [0.15, 0.2) is 42.5 Å². The highest BCUT2D eigenvalue weighted by atomic mass is 35.5. The van der Waals surface area contributed by atoms with E-state index >= 15 is 0 Å². The molecule has 0 unspecified atom stereocenters. The van der Waals surface area contributed by atoms with E-state index in [4.69, 9.17) is 11.6 Å². The number of amides is 1. The molecule has 2 aromatic carbocycles. The van der Waals surface area contributed by atoms with Gasteiger partial charge in [0, 0.05) is 22.7 Å². The van der Waals surface area contributed by atoms with Crippen LogP contribution in [-0.2, 0) is 4.74 Å². The number of nitro benzene ring substituents is 1. The van der Waals surface area contributed by atoms with Crippen LogP contribution in [0, 0.1) is 10.1 Å². The Kier molecular flexibility index (Phi) is 4.92. The van der Waals surface area contributed by atoms with Crippen molar-refractivity contribution >= 4 is 34.9 Å². The number of esters is 1. The van der Waals surface area contributed by atoms with Gasteiger partial charge in [-0.1, -0.05) is 11.6 Å². The molecule has 0 spiro atoms. The van der Waals surface area contributed by atoms with Crippen LogP contribution in [0.3, 0.4) is 0 Å². The van der Waals surface area contributed by atoms with E-state index in [-0.39, 0.29) is 22.5 Å². The summed E-state index contributed by atoms with van der Waals surface area (Å²) in [5.41, 5.74) is 0.408. The van der Waals surface area contributed by atoms with Crippen molar-refractivity contribution in [1.82, 2.24) is 0 Å². The standard InChI is InChI=1S/C15H11ClN2O5/c1-23-15(20)12-7-4-10(16)8-13(12)17-14(19)9-2-5-11(6-3-9)18(21)22/h2-8H,1H3,(H,17,19). The van der Waals surface area contributed by atoms with Crippen molar-refractivity contribution in [3.05, 3.63) is 68.7 Å². The highest BCUT2D eigenvalue weighted by Crippen LogP contribution is 2.23. The summed E-state index contributed by atoms with van der Waals surface area (Å²) in [6.07, 6.45) is 0. The lowest BCUT2D eigenvalue weighted by molar-refractivity contribution is -0.384. The van der Waals surface area contributed by atoms with Gasteiger partial charge >= 0.3 is 5.97 Å². The van der Waals surface area contributed by atoms with Crippen LogP contribution in [-0.4, -0.2) is 23.9 Å². The minimum atomic E-state index is -0.624. The molecule has 0 aliphatic carbocycles. The van der Waals surface area contributed by atoms with Crippen LogP contribution in [0.4, 0.5) is 11.4 Å². The predicted octanol–water partition coefficient (Wildman–Crippen LogP) is 3.29. The zero-order valence-corrected chi connectivity index (χ0v) is 12.7. The lowest BCUT2D eigenvalue weighted by Crippen LogP contribution is -2.15. The number of carbonyl (C=O) groups excluding carboxylic acids is 2. The van der Waals surface area contributed by atoms with Crippen molar-refractivity contribution < 1.29 is 19.2 Å². The van der Waals surface area contributed by atoms with Gasteiger partial charge in [0.2, 0.25) is 0 Å². The molecule has 2 aromatic rings. The van der Waals surface area contributed by atoms with Crippen molar-refractivity contribution in [2.24, 2.45) is 0 Å². The summed E-state index contributed by atoms with van der Waals surface area (Å²) in [5.74, 6) is -1.16. The van der Waals surface area contributed by atoms with Crippen LogP contribution in [0.2, 0.25) is 5.02 Å². The number of halogens is 1. The normalized spacial score (nSPS) is 10.0. The van der Waals surface area contributed by atoms with E-state index in [0.717, 1.165) is 0 Å². The van der Waals surface area contributed by atoms with Crippen LogP contribution < -0.4 is 5.32 Å². The first-order valence-electron chi connectivity index (χ1n) is 6.36. The molecule has 0 aliphatic rings. The van der Waals surface area contributed by atoms with Crippen molar-refractivity contribution in [1.29, 1.82) is 0 Å². The molecule has 7 nitrogen and oxygen atoms in total. The number of hydrogen-bond donors (Lipinski definition) is 1. The number of carbonyl (C=O) groups is 2. The number of hydrogen-bond acceptors (Lipinski definition) is 5. The SMILES string of the molecule is COC(=O)c1ccc(Cl)cc1NC(=O)c1ccc([N+](=O)[O-])cc1. The quantitative estimate of drug-likeness (QED) is 0.525. The summed E-state index contributed by atoms with van der Waals surface area (Å²) in [6, 6.07) is 9.40. The molecule has 0 radical (unpaired) electrons. The molecule has 0 saturated heterocycles. The van der Waals surface area contributed by atoms with E-state index in [0.29, 0.717) is 5.02 Å². The summed E-state index contributed by atoms with van der Waals surface area (Å²) in [6.45, 7) is 0. The van der Waals surface area contributed by atoms with Crippen molar-refractivity contribution in [2.45, 2.75) is 0 Å². The molecule has 0 saturated carbocycles. The Labute approximate surface area is 136 Å². The Bertz CT molecular complexity index is 774. The summed E-state index contributed by atoms with van der Waals surface area (Å²) < 4.78 is 4.64. The van der Waals surface area contributed by atoms with Gasteiger partial charge in [0.25, 0.3) is 11.6 Å². The first kappa shape index (κ1) is 16.4. The molecule has 0 bridgehead atoms. The minimum absolute atomic E-state index is 0.125. The van der Waals surface area contributed by atoms with E-state index < -0.39 is 16.8 Å². The van der Waals surface area contributed by atoms with Crippen molar-refractivity contribution in [3.8, 4) is 0 Å². The molecule has 0 atom stereocenters. The van der Waals surface area contributed by atoms with E-state index in [1.807, 2.05) is 0 Å². The predicted molar refractivity (Wildman–Crippen MR) is 83.8 cm³/mol. The Morgan fingerprint density at radius 2 is 1.83 bits per heavy atom. The van der Waals surface area contributed by atoms with Gasteiger partial charge in [0.1, 0.15) is 0 Å². The Balaban J connectivity index is 2.27. The molecule has 1 amide bonds. The maximum atomic E-state index is 12.2. The zero-order valence-electron chi connectivity index (χ0n) is 11.9. The van der Waals surface area contributed by atoms with Gasteiger partial charge in [-0.15, -0.1) is 0 Å². The van der Waals surface area contributed by atoms with E-state index in [2.05, 4.69) is 10.1 Å². The molecule has 0 aliphatic heterocycles. The van der Waals surface area contributed by atoms with E-state index in [9.17, 15) is 19.7 Å². The molecule has 1 N–H and O–H groups in total. The third kappa shape index (κ3) is 3.83. The number of non-ortho nitro benzene ring substituents is 1. The highest BCUT2D eigenvalue weighted by Gasteiger charge is 2.16. The fraction of sp³-hybridized carbons (Fsp3) is 0.0667. The van der Waals surface area contributed by atoms with Gasteiger partial charge in [-0.3, -0.25) is 14.9 Å².